The second-order valence-corrected chi connectivity index (χ2v) is 7.48. The lowest BCUT2D eigenvalue weighted by Gasteiger charge is -2.20. The second kappa shape index (κ2) is 11.1. The number of nitrogens with zero attached hydrogens (tertiary/aromatic N) is 2. The van der Waals surface area contributed by atoms with E-state index in [1.165, 1.54) is 19.4 Å². The van der Waals surface area contributed by atoms with Gasteiger partial charge in [-0.1, -0.05) is 48.0 Å². The largest absolute Gasteiger partial charge is 0.382 e. The maximum absolute atomic E-state index is 4.44. The van der Waals surface area contributed by atoms with Crippen molar-refractivity contribution in [2.75, 3.05) is 25.0 Å². The van der Waals surface area contributed by atoms with Crippen molar-refractivity contribution in [2.45, 2.75) is 39.7 Å². The number of pyridine rings is 1. The molecule has 0 aliphatic carbocycles. The quantitative estimate of drug-likeness (QED) is 0.520. The molecule has 2 rings (SSSR count). The molecule has 0 saturated carbocycles. The van der Waals surface area contributed by atoms with E-state index in [1.807, 2.05) is 24.4 Å². The molecule has 1 aromatic carbocycles. The summed E-state index contributed by atoms with van der Waals surface area (Å²) in [5.74, 6) is 0. The lowest BCUT2D eigenvalue weighted by molar-refractivity contribution is 0.295. The van der Waals surface area contributed by atoms with Crippen molar-refractivity contribution in [1.29, 1.82) is 0 Å². The van der Waals surface area contributed by atoms with Crippen LogP contribution in [0, 0.1) is 0 Å². The Morgan fingerprint density at radius 3 is 2.54 bits per heavy atom. The first kappa shape index (κ1) is 20.7. The van der Waals surface area contributed by atoms with Crippen LogP contribution < -0.4 is 5.32 Å². The zero-order valence-corrected chi connectivity index (χ0v) is 17.7. The van der Waals surface area contributed by atoms with Gasteiger partial charge in [0.1, 0.15) is 0 Å². The maximum atomic E-state index is 4.44. The summed E-state index contributed by atoms with van der Waals surface area (Å²) in [5, 5.41) is 3.60. The van der Waals surface area contributed by atoms with E-state index in [2.05, 4.69) is 82.3 Å². The van der Waals surface area contributed by atoms with Crippen molar-refractivity contribution in [3.63, 3.8) is 0 Å². The van der Waals surface area contributed by atoms with E-state index in [9.17, 15) is 0 Å². The fraction of sp³-hybridized carbons (Fsp3) is 0.409. The molecule has 0 spiro atoms. The van der Waals surface area contributed by atoms with E-state index in [0.717, 1.165) is 34.5 Å². The first-order valence-corrected chi connectivity index (χ1v) is 10.3. The Labute approximate surface area is 166 Å². The Kier molecular flexibility index (Phi) is 8.86. The summed E-state index contributed by atoms with van der Waals surface area (Å²) in [7, 11) is 0. The lowest BCUT2D eigenvalue weighted by atomic mass is 10.1. The van der Waals surface area contributed by atoms with E-state index in [4.69, 9.17) is 0 Å². The molecular formula is C22H30BrN3. The molecule has 0 radical (unpaired) electrons. The van der Waals surface area contributed by atoms with Crippen LogP contribution >= 0.6 is 15.9 Å². The smallest absolute Gasteiger partial charge is 0.0650 e. The summed E-state index contributed by atoms with van der Waals surface area (Å²) in [6, 6.07) is 12.9. The number of aromatic nitrogens is 1. The molecule has 1 N–H and O–H groups in total. The Morgan fingerprint density at radius 2 is 1.85 bits per heavy atom. The Hall–Kier alpha value is -1.65. The van der Waals surface area contributed by atoms with Gasteiger partial charge in [0.15, 0.2) is 0 Å². The van der Waals surface area contributed by atoms with E-state index in [-0.39, 0.29) is 0 Å². The maximum Gasteiger partial charge on any atom is 0.0650 e. The van der Waals surface area contributed by atoms with Gasteiger partial charge in [0, 0.05) is 22.4 Å². The number of nitrogens with one attached hydrogen (secondary N) is 1. The van der Waals surface area contributed by atoms with Gasteiger partial charge >= 0.3 is 0 Å². The molecule has 26 heavy (non-hydrogen) atoms. The van der Waals surface area contributed by atoms with Gasteiger partial charge in [0.2, 0.25) is 0 Å². The van der Waals surface area contributed by atoms with Gasteiger partial charge in [-0.2, -0.15) is 0 Å². The van der Waals surface area contributed by atoms with E-state index >= 15 is 0 Å². The molecule has 0 bridgehead atoms. The van der Waals surface area contributed by atoms with Crippen LogP contribution in [0.4, 0.5) is 5.69 Å². The second-order valence-electron chi connectivity index (χ2n) is 6.57. The molecule has 2 aromatic rings. The van der Waals surface area contributed by atoms with Crippen molar-refractivity contribution in [3.8, 4) is 0 Å². The van der Waals surface area contributed by atoms with E-state index in [1.54, 1.807) is 0 Å². The average Bonchev–Trinajstić information content (AvgIpc) is 2.65. The van der Waals surface area contributed by atoms with Crippen LogP contribution in [0.15, 0.2) is 47.1 Å². The summed E-state index contributed by atoms with van der Waals surface area (Å²) < 4.78 is 1.09. The zero-order chi connectivity index (χ0) is 18.8. The van der Waals surface area contributed by atoms with Crippen molar-refractivity contribution in [3.05, 3.63) is 58.3 Å². The highest BCUT2D eigenvalue weighted by atomic mass is 79.9. The zero-order valence-electron chi connectivity index (χ0n) is 16.1. The highest BCUT2D eigenvalue weighted by molar-refractivity contribution is 9.10. The predicted octanol–water partition coefficient (Wildman–Crippen LogP) is 5.94. The van der Waals surface area contributed by atoms with Crippen LogP contribution in [-0.4, -0.2) is 35.6 Å². The monoisotopic (exact) mass is 415 g/mol. The summed E-state index contributed by atoms with van der Waals surface area (Å²) in [4.78, 5) is 6.92. The van der Waals surface area contributed by atoms with Gasteiger partial charge in [-0.3, -0.25) is 4.98 Å². The number of halogens is 1. The molecule has 3 nitrogen and oxygen atoms in total. The number of hydrogen-bond donors (Lipinski definition) is 1. The Bertz CT molecular complexity index is 678. The normalized spacial score (nSPS) is 12.7. The third kappa shape index (κ3) is 7.30. The van der Waals surface area contributed by atoms with Gasteiger partial charge in [-0.15, -0.1) is 0 Å². The van der Waals surface area contributed by atoms with Gasteiger partial charge < -0.3 is 10.2 Å². The van der Waals surface area contributed by atoms with Crippen LogP contribution in [0.3, 0.4) is 0 Å². The third-order valence-electron chi connectivity index (χ3n) is 4.52. The first-order valence-electron chi connectivity index (χ1n) is 9.49. The molecule has 0 saturated heterocycles. The summed E-state index contributed by atoms with van der Waals surface area (Å²) in [6.07, 6.45) is 8.40. The average molecular weight is 416 g/mol. The molecule has 1 heterocycles. The molecule has 4 heteroatoms. The Morgan fingerprint density at radius 1 is 1.12 bits per heavy atom. The number of benzene rings is 1. The minimum atomic E-state index is 0.455. The standard InChI is InChI=1S/C22H30BrN3/c1-4-26(5-2)16-6-7-18(3)25-22-14-15-24-21(17-22)13-10-19-8-11-20(23)12-9-19/h8-15,17-18H,4-7,16H2,1-3H3,(H,24,25)/b13-10+. The van der Waals surface area contributed by atoms with Crippen molar-refractivity contribution < 1.29 is 0 Å². The van der Waals surface area contributed by atoms with Gasteiger partial charge in [0.25, 0.3) is 0 Å². The fourth-order valence-corrected chi connectivity index (χ4v) is 3.17. The van der Waals surface area contributed by atoms with Crippen molar-refractivity contribution >= 4 is 33.8 Å². The Balaban J connectivity index is 1.86. The van der Waals surface area contributed by atoms with Crippen LogP contribution in [0.25, 0.3) is 12.2 Å². The number of rotatable bonds is 10. The highest BCUT2D eigenvalue weighted by Gasteiger charge is 2.05. The molecule has 1 unspecified atom stereocenters. The van der Waals surface area contributed by atoms with Crippen LogP contribution in [0.1, 0.15) is 44.9 Å². The summed E-state index contributed by atoms with van der Waals surface area (Å²) in [5.41, 5.74) is 3.26. The predicted molar refractivity (Wildman–Crippen MR) is 117 cm³/mol. The third-order valence-corrected chi connectivity index (χ3v) is 5.05. The van der Waals surface area contributed by atoms with E-state index in [0.29, 0.717) is 6.04 Å². The fourth-order valence-electron chi connectivity index (χ4n) is 2.90. The minimum Gasteiger partial charge on any atom is -0.382 e. The molecule has 0 fully saturated rings. The van der Waals surface area contributed by atoms with Crippen LogP contribution in [0.5, 0.6) is 0 Å². The number of anilines is 1. The van der Waals surface area contributed by atoms with E-state index < -0.39 is 0 Å². The van der Waals surface area contributed by atoms with Gasteiger partial charge in [0.05, 0.1) is 5.69 Å². The minimum absolute atomic E-state index is 0.455. The first-order chi connectivity index (χ1) is 12.6. The highest BCUT2D eigenvalue weighted by Crippen LogP contribution is 2.15. The molecule has 0 aliphatic heterocycles. The van der Waals surface area contributed by atoms with Crippen LogP contribution in [-0.2, 0) is 0 Å². The summed E-state index contributed by atoms with van der Waals surface area (Å²) >= 11 is 3.46. The van der Waals surface area contributed by atoms with Crippen LogP contribution in [0.2, 0.25) is 0 Å². The molecule has 1 aromatic heterocycles. The molecule has 0 aliphatic rings. The van der Waals surface area contributed by atoms with Gasteiger partial charge in [-0.05, 0) is 75.3 Å². The SMILES string of the molecule is CCN(CC)CCCC(C)Nc1ccnc(/C=C/c2ccc(Br)cc2)c1. The van der Waals surface area contributed by atoms with Crippen molar-refractivity contribution in [2.24, 2.45) is 0 Å². The number of hydrogen-bond acceptors (Lipinski definition) is 3. The summed E-state index contributed by atoms with van der Waals surface area (Å²) in [6.45, 7) is 10.2. The molecule has 0 amide bonds. The lowest BCUT2D eigenvalue weighted by Crippen LogP contribution is -2.25. The molecular weight excluding hydrogens is 386 g/mol. The van der Waals surface area contributed by atoms with Crippen molar-refractivity contribution in [1.82, 2.24) is 9.88 Å². The van der Waals surface area contributed by atoms with Gasteiger partial charge in [-0.25, -0.2) is 0 Å². The molecule has 1 atom stereocenters. The molecule has 140 valence electrons. The topological polar surface area (TPSA) is 28.2 Å².